The Morgan fingerprint density at radius 1 is 1.53 bits per heavy atom. The van der Waals surface area contributed by atoms with Crippen molar-refractivity contribution in [1.29, 1.82) is 0 Å². The van der Waals surface area contributed by atoms with Gasteiger partial charge < -0.3 is 10.1 Å². The number of ether oxygens (including phenoxy) is 1. The first-order valence-corrected chi connectivity index (χ1v) is 6.24. The molecule has 0 saturated carbocycles. The Bertz CT molecular complexity index is 288. The summed E-state index contributed by atoms with van der Waals surface area (Å²) in [6, 6.07) is 0.349. The van der Waals surface area contributed by atoms with Gasteiger partial charge in [0.2, 0.25) is 0 Å². The Balaban J connectivity index is 2.36. The SMILES string of the molecule is CCc1nc(CNC(C)C(C)OC)cs1. The second-order valence-corrected chi connectivity index (χ2v) is 4.64. The summed E-state index contributed by atoms with van der Waals surface area (Å²) < 4.78 is 5.25. The van der Waals surface area contributed by atoms with E-state index in [-0.39, 0.29) is 6.10 Å². The Labute approximate surface area is 95.9 Å². The Morgan fingerprint density at radius 2 is 2.27 bits per heavy atom. The van der Waals surface area contributed by atoms with Gasteiger partial charge in [-0.2, -0.15) is 0 Å². The summed E-state index contributed by atoms with van der Waals surface area (Å²) in [6.07, 6.45) is 1.25. The molecule has 1 aromatic rings. The molecule has 0 aliphatic rings. The molecule has 0 saturated heterocycles. The normalized spacial score (nSPS) is 15.2. The lowest BCUT2D eigenvalue weighted by atomic mass is 10.2. The van der Waals surface area contributed by atoms with Crippen molar-refractivity contribution >= 4 is 11.3 Å². The fraction of sp³-hybridized carbons (Fsp3) is 0.727. The number of hydrogen-bond donors (Lipinski definition) is 1. The van der Waals surface area contributed by atoms with Gasteiger partial charge in [-0.1, -0.05) is 6.92 Å². The van der Waals surface area contributed by atoms with E-state index < -0.39 is 0 Å². The molecule has 1 heterocycles. The van der Waals surface area contributed by atoms with Gasteiger partial charge in [0.25, 0.3) is 0 Å². The third-order valence-corrected chi connectivity index (χ3v) is 3.62. The molecule has 0 aromatic carbocycles. The molecule has 86 valence electrons. The smallest absolute Gasteiger partial charge is 0.0926 e. The molecule has 0 radical (unpaired) electrons. The highest BCUT2D eigenvalue weighted by Gasteiger charge is 2.10. The van der Waals surface area contributed by atoms with Crippen LogP contribution in [-0.4, -0.2) is 24.2 Å². The molecule has 1 N–H and O–H groups in total. The van der Waals surface area contributed by atoms with Gasteiger partial charge in [-0.05, 0) is 20.3 Å². The highest BCUT2D eigenvalue weighted by molar-refractivity contribution is 7.09. The molecule has 0 bridgehead atoms. The molecule has 2 atom stereocenters. The van der Waals surface area contributed by atoms with Crippen LogP contribution in [0.1, 0.15) is 31.5 Å². The molecule has 0 fully saturated rings. The van der Waals surface area contributed by atoms with Crippen LogP contribution in [0.25, 0.3) is 0 Å². The monoisotopic (exact) mass is 228 g/mol. The van der Waals surface area contributed by atoms with Crippen molar-refractivity contribution in [2.45, 2.75) is 45.9 Å². The van der Waals surface area contributed by atoms with E-state index in [2.05, 4.69) is 36.5 Å². The molecular formula is C11H20N2OS. The van der Waals surface area contributed by atoms with Crippen LogP contribution in [0.3, 0.4) is 0 Å². The summed E-state index contributed by atoms with van der Waals surface area (Å²) in [4.78, 5) is 4.50. The summed E-state index contributed by atoms with van der Waals surface area (Å²) in [5.41, 5.74) is 1.13. The van der Waals surface area contributed by atoms with Crippen LogP contribution < -0.4 is 5.32 Å². The first kappa shape index (κ1) is 12.6. The summed E-state index contributed by atoms with van der Waals surface area (Å²) >= 11 is 1.73. The van der Waals surface area contributed by atoms with Crippen LogP contribution in [0.4, 0.5) is 0 Å². The molecule has 4 heteroatoms. The minimum Gasteiger partial charge on any atom is -0.380 e. The molecule has 0 aliphatic heterocycles. The van der Waals surface area contributed by atoms with Crippen molar-refractivity contribution < 1.29 is 4.74 Å². The van der Waals surface area contributed by atoms with E-state index in [1.165, 1.54) is 5.01 Å². The summed E-state index contributed by atoms with van der Waals surface area (Å²) in [5.74, 6) is 0. The van der Waals surface area contributed by atoms with Crippen molar-refractivity contribution in [3.63, 3.8) is 0 Å². The largest absolute Gasteiger partial charge is 0.380 e. The number of thiazole rings is 1. The first-order valence-electron chi connectivity index (χ1n) is 5.36. The Kier molecular flexibility index (Phi) is 5.22. The van der Waals surface area contributed by atoms with E-state index in [0.29, 0.717) is 6.04 Å². The van der Waals surface area contributed by atoms with Crippen molar-refractivity contribution in [3.05, 3.63) is 16.1 Å². The molecule has 0 amide bonds. The maximum Gasteiger partial charge on any atom is 0.0926 e. The van der Waals surface area contributed by atoms with Gasteiger partial charge in [0, 0.05) is 25.1 Å². The lowest BCUT2D eigenvalue weighted by Crippen LogP contribution is -2.36. The van der Waals surface area contributed by atoms with Gasteiger partial charge in [0.1, 0.15) is 0 Å². The zero-order chi connectivity index (χ0) is 11.3. The number of nitrogens with zero attached hydrogens (tertiary/aromatic N) is 1. The number of rotatable bonds is 6. The lowest BCUT2D eigenvalue weighted by Gasteiger charge is -2.19. The van der Waals surface area contributed by atoms with Gasteiger partial charge >= 0.3 is 0 Å². The Morgan fingerprint density at radius 3 is 2.80 bits per heavy atom. The number of methoxy groups -OCH3 is 1. The molecule has 1 rings (SSSR count). The van der Waals surface area contributed by atoms with Crippen LogP contribution in [0, 0.1) is 0 Å². The zero-order valence-corrected chi connectivity index (χ0v) is 10.7. The van der Waals surface area contributed by atoms with E-state index in [1.54, 1.807) is 18.4 Å². The first-order chi connectivity index (χ1) is 7.17. The third-order valence-electron chi connectivity index (χ3n) is 2.58. The standard InChI is InChI=1S/C11H20N2OS/c1-5-11-13-10(7-15-11)6-12-8(2)9(3)14-4/h7-9,12H,5-6H2,1-4H3. The fourth-order valence-corrected chi connectivity index (χ4v) is 1.97. The van der Waals surface area contributed by atoms with Gasteiger partial charge in [-0.3, -0.25) is 0 Å². The fourth-order valence-electron chi connectivity index (χ4n) is 1.23. The Hall–Kier alpha value is -0.450. The van der Waals surface area contributed by atoms with Gasteiger partial charge in [0.05, 0.1) is 16.8 Å². The summed E-state index contributed by atoms with van der Waals surface area (Å²) in [5, 5.41) is 6.73. The molecule has 0 aliphatic carbocycles. The molecular weight excluding hydrogens is 208 g/mol. The van der Waals surface area contributed by atoms with Gasteiger partial charge in [-0.25, -0.2) is 4.98 Å². The average molecular weight is 228 g/mol. The number of nitrogens with one attached hydrogen (secondary N) is 1. The number of aromatic nitrogens is 1. The minimum atomic E-state index is 0.231. The van der Waals surface area contributed by atoms with E-state index in [4.69, 9.17) is 4.74 Å². The quantitative estimate of drug-likeness (QED) is 0.810. The molecule has 1 aromatic heterocycles. The summed E-state index contributed by atoms with van der Waals surface area (Å²) in [6.45, 7) is 7.15. The van der Waals surface area contributed by atoms with Crippen LogP contribution in [0.2, 0.25) is 0 Å². The number of aryl methyl sites for hydroxylation is 1. The van der Waals surface area contributed by atoms with Crippen molar-refractivity contribution in [1.82, 2.24) is 10.3 Å². The lowest BCUT2D eigenvalue weighted by molar-refractivity contribution is 0.0881. The zero-order valence-electron chi connectivity index (χ0n) is 9.91. The van der Waals surface area contributed by atoms with E-state index in [0.717, 1.165) is 18.7 Å². The topological polar surface area (TPSA) is 34.2 Å². The molecule has 0 spiro atoms. The van der Waals surface area contributed by atoms with Gasteiger partial charge in [0.15, 0.2) is 0 Å². The average Bonchev–Trinajstić information content (AvgIpc) is 2.72. The highest BCUT2D eigenvalue weighted by atomic mass is 32.1. The maximum absolute atomic E-state index is 5.25. The number of hydrogen-bond acceptors (Lipinski definition) is 4. The van der Waals surface area contributed by atoms with Crippen molar-refractivity contribution in [2.24, 2.45) is 0 Å². The second kappa shape index (κ2) is 6.20. The van der Waals surface area contributed by atoms with E-state index in [9.17, 15) is 0 Å². The van der Waals surface area contributed by atoms with Crippen LogP contribution in [-0.2, 0) is 17.7 Å². The second-order valence-electron chi connectivity index (χ2n) is 3.70. The highest BCUT2D eigenvalue weighted by Crippen LogP contribution is 2.10. The predicted octanol–water partition coefficient (Wildman–Crippen LogP) is 2.22. The van der Waals surface area contributed by atoms with Crippen LogP contribution in [0.5, 0.6) is 0 Å². The van der Waals surface area contributed by atoms with Crippen molar-refractivity contribution in [3.8, 4) is 0 Å². The maximum atomic E-state index is 5.25. The van der Waals surface area contributed by atoms with E-state index in [1.807, 2.05) is 0 Å². The molecule has 2 unspecified atom stereocenters. The molecule has 3 nitrogen and oxygen atoms in total. The predicted molar refractivity (Wildman–Crippen MR) is 64.3 cm³/mol. The summed E-state index contributed by atoms with van der Waals surface area (Å²) in [7, 11) is 1.74. The van der Waals surface area contributed by atoms with Crippen molar-refractivity contribution in [2.75, 3.05) is 7.11 Å². The molecule has 15 heavy (non-hydrogen) atoms. The van der Waals surface area contributed by atoms with Crippen LogP contribution in [0.15, 0.2) is 5.38 Å². The van der Waals surface area contributed by atoms with Crippen LogP contribution >= 0.6 is 11.3 Å². The minimum absolute atomic E-state index is 0.231. The van der Waals surface area contributed by atoms with Gasteiger partial charge in [-0.15, -0.1) is 11.3 Å². The van der Waals surface area contributed by atoms with E-state index >= 15 is 0 Å². The third kappa shape index (κ3) is 3.89.